The molecule has 2 unspecified atom stereocenters. The minimum absolute atomic E-state index is 0.665. The van der Waals surface area contributed by atoms with Gasteiger partial charge in [-0.15, -0.1) is 0 Å². The Balaban J connectivity index is 1.64. The fourth-order valence-corrected chi connectivity index (χ4v) is 3.35. The van der Waals surface area contributed by atoms with Crippen LogP contribution in [0.25, 0.3) is 0 Å². The molecular formula is C14H24N4O. The van der Waals surface area contributed by atoms with Gasteiger partial charge in [-0.3, -0.25) is 0 Å². The van der Waals surface area contributed by atoms with Crippen LogP contribution in [0.15, 0.2) is 12.4 Å². The number of piperidine rings is 1. The molecule has 106 valence electrons. The number of aromatic nitrogens is 2. The lowest BCUT2D eigenvalue weighted by Gasteiger charge is -2.24. The molecule has 2 aliphatic heterocycles. The summed E-state index contributed by atoms with van der Waals surface area (Å²) in [5.74, 6) is 1.94. The summed E-state index contributed by atoms with van der Waals surface area (Å²) in [6.45, 7) is 5.23. The van der Waals surface area contributed by atoms with Crippen molar-refractivity contribution < 1.29 is 4.74 Å². The van der Waals surface area contributed by atoms with Gasteiger partial charge in [-0.05, 0) is 31.7 Å². The second-order valence-corrected chi connectivity index (χ2v) is 5.63. The van der Waals surface area contributed by atoms with Crippen molar-refractivity contribution in [1.29, 1.82) is 0 Å². The molecule has 0 saturated carbocycles. The van der Waals surface area contributed by atoms with Gasteiger partial charge in [0, 0.05) is 51.8 Å². The highest BCUT2D eigenvalue weighted by atomic mass is 16.5. The fraction of sp³-hybridized carbons (Fsp3) is 0.786. The van der Waals surface area contributed by atoms with Gasteiger partial charge < -0.3 is 19.5 Å². The smallest absolute Gasteiger partial charge is 0.205 e. The van der Waals surface area contributed by atoms with E-state index in [0.717, 1.165) is 44.5 Å². The summed E-state index contributed by atoms with van der Waals surface area (Å²) in [4.78, 5) is 7.00. The molecule has 3 heterocycles. The minimum atomic E-state index is 0.665. The number of fused-ring (bicyclic) bond motifs is 1. The molecule has 2 saturated heterocycles. The predicted molar refractivity (Wildman–Crippen MR) is 75.4 cm³/mol. The van der Waals surface area contributed by atoms with Gasteiger partial charge in [-0.25, -0.2) is 4.98 Å². The van der Waals surface area contributed by atoms with Crippen LogP contribution in [-0.2, 0) is 11.3 Å². The average Bonchev–Trinajstić information content (AvgIpc) is 3.04. The quantitative estimate of drug-likeness (QED) is 0.809. The van der Waals surface area contributed by atoms with E-state index in [0.29, 0.717) is 6.04 Å². The molecule has 5 heteroatoms. The second kappa shape index (κ2) is 5.92. The first-order chi connectivity index (χ1) is 9.38. The average molecular weight is 264 g/mol. The molecule has 0 aromatic carbocycles. The maximum absolute atomic E-state index is 5.13. The van der Waals surface area contributed by atoms with Gasteiger partial charge in [0.25, 0.3) is 0 Å². The maximum Gasteiger partial charge on any atom is 0.205 e. The van der Waals surface area contributed by atoms with Crippen molar-refractivity contribution in [3.8, 4) is 0 Å². The lowest BCUT2D eigenvalue weighted by atomic mass is 9.94. The fourth-order valence-electron chi connectivity index (χ4n) is 3.35. The van der Waals surface area contributed by atoms with Gasteiger partial charge in [0.05, 0.1) is 0 Å². The zero-order valence-corrected chi connectivity index (χ0v) is 11.7. The first-order valence-corrected chi connectivity index (χ1v) is 7.37. The van der Waals surface area contributed by atoms with E-state index < -0.39 is 0 Å². The Kier molecular flexibility index (Phi) is 4.03. The number of ether oxygens (including phenoxy) is 1. The summed E-state index contributed by atoms with van der Waals surface area (Å²) in [6.07, 6.45) is 7.71. The van der Waals surface area contributed by atoms with E-state index >= 15 is 0 Å². The van der Waals surface area contributed by atoms with Gasteiger partial charge in [0.1, 0.15) is 0 Å². The molecule has 1 aromatic heterocycles. The lowest BCUT2D eigenvalue weighted by molar-refractivity contribution is 0.190. The third-order valence-corrected chi connectivity index (χ3v) is 4.32. The normalized spacial score (nSPS) is 26.7. The van der Waals surface area contributed by atoms with Gasteiger partial charge in [0.2, 0.25) is 5.95 Å². The molecule has 0 amide bonds. The number of imidazole rings is 1. The zero-order valence-electron chi connectivity index (χ0n) is 11.7. The van der Waals surface area contributed by atoms with Crippen LogP contribution in [-0.4, -0.2) is 48.9 Å². The third-order valence-electron chi connectivity index (χ3n) is 4.32. The number of methoxy groups -OCH3 is 1. The molecule has 0 bridgehead atoms. The molecule has 5 nitrogen and oxygen atoms in total. The number of aryl methyl sites for hydroxylation is 1. The number of nitrogens with zero attached hydrogens (tertiary/aromatic N) is 3. The molecule has 2 fully saturated rings. The van der Waals surface area contributed by atoms with Crippen LogP contribution in [0.4, 0.5) is 5.95 Å². The molecule has 2 atom stereocenters. The van der Waals surface area contributed by atoms with E-state index in [4.69, 9.17) is 4.74 Å². The summed E-state index contributed by atoms with van der Waals surface area (Å²) in [5, 5.41) is 3.65. The molecule has 19 heavy (non-hydrogen) atoms. The first-order valence-electron chi connectivity index (χ1n) is 7.37. The van der Waals surface area contributed by atoms with Crippen LogP contribution in [0.2, 0.25) is 0 Å². The van der Waals surface area contributed by atoms with Crippen LogP contribution < -0.4 is 10.2 Å². The van der Waals surface area contributed by atoms with Gasteiger partial charge >= 0.3 is 0 Å². The SMILES string of the molecule is COCCCn1ccnc1N1CC2CCCNC2C1. The Labute approximate surface area is 114 Å². The van der Waals surface area contributed by atoms with Crippen molar-refractivity contribution in [2.45, 2.75) is 31.8 Å². The highest BCUT2D eigenvalue weighted by Gasteiger charge is 2.35. The summed E-state index contributed by atoms with van der Waals surface area (Å²) < 4.78 is 7.39. The Hall–Kier alpha value is -1.07. The zero-order chi connectivity index (χ0) is 13.1. The maximum atomic E-state index is 5.13. The van der Waals surface area contributed by atoms with Crippen molar-refractivity contribution in [2.75, 3.05) is 38.3 Å². The standard InChI is InChI=1S/C14H24N4O/c1-19-9-3-7-17-8-6-16-14(17)18-10-12-4-2-5-15-13(12)11-18/h6,8,12-13,15H,2-5,7,9-11H2,1H3. The van der Waals surface area contributed by atoms with Crippen molar-refractivity contribution in [2.24, 2.45) is 5.92 Å². The number of hydrogen-bond acceptors (Lipinski definition) is 4. The summed E-state index contributed by atoms with van der Waals surface area (Å²) in [7, 11) is 1.76. The number of rotatable bonds is 5. The Morgan fingerprint density at radius 2 is 2.42 bits per heavy atom. The van der Waals surface area contributed by atoms with Crippen LogP contribution in [0.3, 0.4) is 0 Å². The second-order valence-electron chi connectivity index (χ2n) is 5.63. The lowest BCUT2D eigenvalue weighted by Crippen LogP contribution is -2.40. The third kappa shape index (κ3) is 2.77. The van der Waals surface area contributed by atoms with Crippen molar-refractivity contribution in [1.82, 2.24) is 14.9 Å². The summed E-state index contributed by atoms with van der Waals surface area (Å²) >= 11 is 0. The minimum Gasteiger partial charge on any atom is -0.385 e. The largest absolute Gasteiger partial charge is 0.385 e. The molecule has 0 spiro atoms. The van der Waals surface area contributed by atoms with E-state index in [-0.39, 0.29) is 0 Å². The van der Waals surface area contributed by atoms with Crippen molar-refractivity contribution >= 4 is 5.95 Å². The molecule has 3 rings (SSSR count). The van der Waals surface area contributed by atoms with E-state index in [2.05, 4.69) is 26.0 Å². The number of anilines is 1. The molecule has 1 N–H and O–H groups in total. The Morgan fingerprint density at radius 1 is 1.47 bits per heavy atom. The molecule has 0 radical (unpaired) electrons. The van der Waals surface area contributed by atoms with Crippen LogP contribution in [0.5, 0.6) is 0 Å². The van der Waals surface area contributed by atoms with Gasteiger partial charge in [-0.1, -0.05) is 0 Å². The monoisotopic (exact) mass is 264 g/mol. The Morgan fingerprint density at radius 3 is 3.26 bits per heavy atom. The van der Waals surface area contributed by atoms with E-state index in [1.54, 1.807) is 7.11 Å². The van der Waals surface area contributed by atoms with E-state index in [1.165, 1.54) is 19.4 Å². The summed E-state index contributed by atoms with van der Waals surface area (Å²) in [6, 6.07) is 0.665. The van der Waals surface area contributed by atoms with Gasteiger partial charge in [0.15, 0.2) is 0 Å². The van der Waals surface area contributed by atoms with E-state index in [9.17, 15) is 0 Å². The number of nitrogens with one attached hydrogen (secondary N) is 1. The highest BCUT2D eigenvalue weighted by molar-refractivity contribution is 5.34. The van der Waals surface area contributed by atoms with Gasteiger partial charge in [-0.2, -0.15) is 0 Å². The van der Waals surface area contributed by atoms with Crippen LogP contribution >= 0.6 is 0 Å². The molecule has 2 aliphatic rings. The highest BCUT2D eigenvalue weighted by Crippen LogP contribution is 2.28. The van der Waals surface area contributed by atoms with Crippen LogP contribution in [0, 0.1) is 5.92 Å². The number of hydrogen-bond donors (Lipinski definition) is 1. The molecular weight excluding hydrogens is 240 g/mol. The summed E-state index contributed by atoms with van der Waals surface area (Å²) in [5.41, 5.74) is 0. The van der Waals surface area contributed by atoms with Crippen molar-refractivity contribution in [3.63, 3.8) is 0 Å². The Bertz CT molecular complexity index is 392. The van der Waals surface area contributed by atoms with Crippen LogP contribution in [0.1, 0.15) is 19.3 Å². The predicted octanol–water partition coefficient (Wildman–Crippen LogP) is 1.11. The topological polar surface area (TPSA) is 42.3 Å². The molecule has 0 aliphatic carbocycles. The van der Waals surface area contributed by atoms with E-state index in [1.807, 2.05) is 6.20 Å². The first kappa shape index (κ1) is 12.9. The van der Waals surface area contributed by atoms with Crippen molar-refractivity contribution in [3.05, 3.63) is 12.4 Å². The molecule has 1 aromatic rings.